The molecule has 3 rings (SSSR count). The number of hydrogen-bond donors (Lipinski definition) is 2. The van der Waals surface area contributed by atoms with Crippen LogP contribution < -0.4 is 19.7 Å². The molecule has 0 aliphatic carbocycles. The van der Waals surface area contributed by atoms with Crippen molar-refractivity contribution in [2.75, 3.05) is 29.8 Å². The van der Waals surface area contributed by atoms with E-state index in [1.807, 2.05) is 6.07 Å². The maximum atomic E-state index is 12.7. The minimum Gasteiger partial charge on any atom is -0.495 e. The Balaban J connectivity index is 1.89. The fourth-order valence-corrected chi connectivity index (χ4v) is 4.76. The minimum atomic E-state index is -3.64. The smallest absolute Gasteiger partial charge is 0.261 e. The molecule has 0 saturated carbocycles. The number of hydrogen-bond acceptors (Lipinski definition) is 5. The van der Waals surface area contributed by atoms with Crippen LogP contribution in [0, 0.1) is 3.57 Å². The molecule has 6 nitrogen and oxygen atoms in total. The molecule has 1 aliphatic rings. The molecule has 2 aromatic rings. The number of rotatable bonds is 5. The lowest BCUT2D eigenvalue weighted by molar-refractivity contribution is 0.391. The van der Waals surface area contributed by atoms with Gasteiger partial charge < -0.3 is 15.0 Å². The van der Waals surface area contributed by atoms with Crippen LogP contribution in [0.5, 0.6) is 5.75 Å². The van der Waals surface area contributed by atoms with Crippen LogP contribution in [0.2, 0.25) is 0 Å². The number of nitrogens with zero attached hydrogens (tertiary/aromatic N) is 1. The molecule has 0 spiro atoms. The van der Waals surface area contributed by atoms with Crippen molar-refractivity contribution in [3.63, 3.8) is 0 Å². The van der Waals surface area contributed by atoms with E-state index >= 15 is 0 Å². The maximum Gasteiger partial charge on any atom is 0.261 e. The number of methoxy groups -OCH3 is 1. The molecular weight excluding hydrogens is 477 g/mol. The monoisotopic (exact) mass is 501 g/mol. The third-order valence-electron chi connectivity index (χ3n) is 4.45. The molecule has 2 N–H and O–H groups in total. The molecule has 8 heteroatoms. The number of halogens is 1. The molecule has 1 fully saturated rings. The van der Waals surface area contributed by atoms with Gasteiger partial charge >= 0.3 is 0 Å². The number of benzene rings is 2. The quantitative estimate of drug-likeness (QED) is 0.616. The standard InChI is InChI=1S/C19H24IN3O3S/c1-13-11-23(12-14(2)21-13)18-10-16(6-9-19(18)26-3)22-27(24,25)17-7-4-15(20)5-8-17/h4-10,13-14,21-22H,11-12H2,1-3H3. The minimum absolute atomic E-state index is 0.240. The van der Waals surface area contributed by atoms with E-state index in [0.29, 0.717) is 17.8 Å². The van der Waals surface area contributed by atoms with Crippen molar-refractivity contribution < 1.29 is 13.2 Å². The summed E-state index contributed by atoms with van der Waals surface area (Å²) in [5.41, 5.74) is 1.41. The third-order valence-corrected chi connectivity index (χ3v) is 6.57. The van der Waals surface area contributed by atoms with Crippen molar-refractivity contribution in [1.82, 2.24) is 5.32 Å². The molecule has 2 unspecified atom stereocenters. The molecule has 146 valence electrons. The summed E-state index contributed by atoms with van der Waals surface area (Å²) >= 11 is 2.15. The predicted molar refractivity (Wildman–Crippen MR) is 117 cm³/mol. The van der Waals surface area contributed by atoms with Crippen LogP contribution in [0.15, 0.2) is 47.4 Å². The maximum absolute atomic E-state index is 12.7. The molecule has 0 amide bonds. The van der Waals surface area contributed by atoms with Crippen LogP contribution in [-0.4, -0.2) is 40.7 Å². The lowest BCUT2D eigenvalue weighted by atomic mass is 10.1. The lowest BCUT2D eigenvalue weighted by Gasteiger charge is -2.38. The zero-order valence-corrected chi connectivity index (χ0v) is 18.5. The highest BCUT2D eigenvalue weighted by Crippen LogP contribution is 2.33. The zero-order valence-electron chi connectivity index (χ0n) is 15.6. The summed E-state index contributed by atoms with van der Waals surface area (Å²) < 4.78 is 34.6. The first-order valence-electron chi connectivity index (χ1n) is 8.76. The van der Waals surface area contributed by atoms with Crippen molar-refractivity contribution in [2.45, 2.75) is 30.8 Å². The summed E-state index contributed by atoms with van der Waals surface area (Å²) in [7, 11) is -2.02. The molecule has 1 saturated heterocycles. The summed E-state index contributed by atoms with van der Waals surface area (Å²) in [5.74, 6) is 0.730. The number of sulfonamides is 1. The third kappa shape index (κ3) is 4.85. The van der Waals surface area contributed by atoms with Crippen LogP contribution in [0.25, 0.3) is 0 Å². The van der Waals surface area contributed by atoms with Crippen molar-refractivity contribution in [2.24, 2.45) is 0 Å². The van der Waals surface area contributed by atoms with E-state index in [1.165, 1.54) is 0 Å². The Morgan fingerprint density at radius 3 is 2.33 bits per heavy atom. The topological polar surface area (TPSA) is 70.7 Å². The van der Waals surface area contributed by atoms with Gasteiger partial charge in [0.15, 0.2) is 0 Å². The fraction of sp³-hybridized carbons (Fsp3) is 0.368. The molecule has 0 bridgehead atoms. The Morgan fingerprint density at radius 2 is 1.74 bits per heavy atom. The highest BCUT2D eigenvalue weighted by Gasteiger charge is 2.24. The Kier molecular flexibility index (Phi) is 6.17. The normalized spacial score (nSPS) is 20.4. The fourth-order valence-electron chi connectivity index (χ4n) is 3.35. The number of ether oxygens (including phenoxy) is 1. The second kappa shape index (κ2) is 8.24. The van der Waals surface area contributed by atoms with Crippen LogP contribution in [0.4, 0.5) is 11.4 Å². The van der Waals surface area contributed by atoms with Crippen LogP contribution in [0.3, 0.4) is 0 Å². The summed E-state index contributed by atoms with van der Waals surface area (Å²) in [6, 6.07) is 12.8. The molecule has 2 aromatic carbocycles. The van der Waals surface area contributed by atoms with Gasteiger partial charge in [-0.25, -0.2) is 8.42 Å². The van der Waals surface area contributed by atoms with Gasteiger partial charge in [0.2, 0.25) is 0 Å². The first-order chi connectivity index (χ1) is 12.8. The Labute approximate surface area is 174 Å². The van der Waals surface area contributed by atoms with Gasteiger partial charge in [-0.2, -0.15) is 0 Å². The molecule has 27 heavy (non-hydrogen) atoms. The SMILES string of the molecule is COc1ccc(NS(=O)(=O)c2ccc(I)cc2)cc1N1CC(C)NC(C)C1. The largest absolute Gasteiger partial charge is 0.495 e. The van der Waals surface area contributed by atoms with Gasteiger partial charge in [0.25, 0.3) is 10.0 Å². The number of nitrogens with one attached hydrogen (secondary N) is 2. The molecule has 0 radical (unpaired) electrons. The van der Waals surface area contributed by atoms with Gasteiger partial charge in [-0.3, -0.25) is 4.72 Å². The number of anilines is 2. The van der Waals surface area contributed by atoms with Gasteiger partial charge in [-0.15, -0.1) is 0 Å². The number of piperazine rings is 1. The molecule has 2 atom stereocenters. The van der Waals surface area contributed by atoms with E-state index < -0.39 is 10.0 Å². The Hall–Kier alpha value is -1.52. The average molecular weight is 501 g/mol. The van der Waals surface area contributed by atoms with E-state index in [1.54, 1.807) is 43.5 Å². The van der Waals surface area contributed by atoms with Gasteiger partial charge in [-0.05, 0) is 78.9 Å². The second-order valence-electron chi connectivity index (χ2n) is 6.82. The summed E-state index contributed by atoms with van der Waals surface area (Å²) in [6.45, 7) is 5.93. The van der Waals surface area contributed by atoms with Gasteiger partial charge in [0.05, 0.1) is 23.4 Å². The Morgan fingerprint density at radius 1 is 1.11 bits per heavy atom. The van der Waals surface area contributed by atoms with E-state index in [4.69, 9.17) is 4.74 Å². The first-order valence-corrected chi connectivity index (χ1v) is 11.3. The average Bonchev–Trinajstić information content (AvgIpc) is 2.61. The molecule has 1 aliphatic heterocycles. The van der Waals surface area contributed by atoms with Gasteiger partial charge in [0, 0.05) is 28.7 Å². The van der Waals surface area contributed by atoms with Crippen LogP contribution in [-0.2, 0) is 10.0 Å². The highest BCUT2D eigenvalue weighted by atomic mass is 127. The second-order valence-corrected chi connectivity index (χ2v) is 9.75. The molecule has 0 aromatic heterocycles. The Bertz CT molecular complexity index is 893. The van der Waals surface area contributed by atoms with E-state index in [2.05, 4.69) is 51.4 Å². The lowest BCUT2D eigenvalue weighted by Crippen LogP contribution is -2.54. The molecule has 1 heterocycles. The van der Waals surface area contributed by atoms with E-state index in [0.717, 1.165) is 28.1 Å². The van der Waals surface area contributed by atoms with Crippen molar-refractivity contribution in [3.8, 4) is 5.75 Å². The summed E-state index contributed by atoms with van der Waals surface area (Å²) in [4.78, 5) is 2.47. The van der Waals surface area contributed by atoms with Gasteiger partial charge in [-0.1, -0.05) is 0 Å². The van der Waals surface area contributed by atoms with E-state index in [-0.39, 0.29) is 4.90 Å². The summed E-state index contributed by atoms with van der Waals surface area (Å²) in [5, 5.41) is 3.50. The summed E-state index contributed by atoms with van der Waals surface area (Å²) in [6.07, 6.45) is 0. The van der Waals surface area contributed by atoms with Crippen LogP contribution in [0.1, 0.15) is 13.8 Å². The predicted octanol–water partition coefficient (Wildman–Crippen LogP) is 3.29. The van der Waals surface area contributed by atoms with Crippen LogP contribution >= 0.6 is 22.6 Å². The van der Waals surface area contributed by atoms with Crippen molar-refractivity contribution in [1.29, 1.82) is 0 Å². The first kappa shape index (κ1) is 20.2. The molecular formula is C19H24IN3O3S. The van der Waals surface area contributed by atoms with E-state index in [9.17, 15) is 8.42 Å². The highest BCUT2D eigenvalue weighted by molar-refractivity contribution is 14.1. The zero-order chi connectivity index (χ0) is 19.6. The van der Waals surface area contributed by atoms with Gasteiger partial charge in [0.1, 0.15) is 5.75 Å². The van der Waals surface area contributed by atoms with Crippen molar-refractivity contribution in [3.05, 3.63) is 46.0 Å². The van der Waals surface area contributed by atoms with Crippen molar-refractivity contribution >= 4 is 44.0 Å².